The summed E-state index contributed by atoms with van der Waals surface area (Å²) in [6.07, 6.45) is 0. The lowest BCUT2D eigenvalue weighted by atomic mass is 10.1. The van der Waals surface area contributed by atoms with Gasteiger partial charge in [0.15, 0.2) is 5.78 Å². The van der Waals surface area contributed by atoms with Crippen molar-refractivity contribution in [3.8, 4) is 5.75 Å². The molecule has 1 aromatic carbocycles. The molecule has 0 spiro atoms. The fraction of sp³-hybridized carbons (Fsp3) is 0.222. The number of hydrogen-bond acceptors (Lipinski definition) is 3. The number of phenolic OH excluding ortho intramolecular Hbond substituents is 1. The Balaban J connectivity index is 3.33. The first-order chi connectivity index (χ1) is 6.06. The van der Waals surface area contributed by atoms with Gasteiger partial charge in [-0.15, -0.1) is 0 Å². The normalized spacial score (nSPS) is 10.1. The molecule has 0 atom stereocenters. The highest BCUT2D eigenvalue weighted by Gasteiger charge is 2.11. The predicted octanol–water partition coefficient (Wildman–Crippen LogP) is 1.74. The Kier molecular flexibility index (Phi) is 2.90. The molecular weight excluding hydrogens is 192 g/mol. The average Bonchev–Trinajstić information content (AvgIpc) is 2.09. The molecule has 0 aromatic heterocycles. The number of ketones is 1. The fourth-order valence-electron chi connectivity index (χ4n) is 1.01. The third-order valence-corrected chi connectivity index (χ3v) is 1.97. The average molecular weight is 201 g/mol. The summed E-state index contributed by atoms with van der Waals surface area (Å²) in [5.74, 6) is -0.513. The summed E-state index contributed by atoms with van der Waals surface area (Å²) >= 11 is 5.63. The van der Waals surface area contributed by atoms with E-state index in [0.29, 0.717) is 5.56 Å². The fourth-order valence-corrected chi connectivity index (χ4v) is 1.26. The van der Waals surface area contributed by atoms with Gasteiger partial charge in [0.1, 0.15) is 5.75 Å². The quantitative estimate of drug-likeness (QED) is 0.715. The molecule has 0 heterocycles. The zero-order chi connectivity index (χ0) is 10.0. The SMILES string of the molecule is CC(=O)c1cc(CO)cc(Cl)c1O. The minimum Gasteiger partial charge on any atom is -0.506 e. The molecule has 0 amide bonds. The van der Waals surface area contributed by atoms with Crippen LogP contribution in [-0.2, 0) is 6.61 Å². The topological polar surface area (TPSA) is 57.5 Å². The van der Waals surface area contributed by atoms with Gasteiger partial charge in [0.2, 0.25) is 0 Å². The zero-order valence-corrected chi connectivity index (χ0v) is 7.80. The smallest absolute Gasteiger partial charge is 0.163 e. The summed E-state index contributed by atoms with van der Waals surface area (Å²) in [6.45, 7) is 1.12. The van der Waals surface area contributed by atoms with E-state index >= 15 is 0 Å². The number of aromatic hydroxyl groups is 1. The van der Waals surface area contributed by atoms with Gasteiger partial charge in [-0.2, -0.15) is 0 Å². The lowest BCUT2D eigenvalue weighted by Gasteiger charge is -2.05. The van der Waals surface area contributed by atoms with Gasteiger partial charge in [-0.3, -0.25) is 4.79 Å². The molecule has 0 unspecified atom stereocenters. The third kappa shape index (κ3) is 1.99. The van der Waals surface area contributed by atoms with Crippen molar-refractivity contribution < 1.29 is 15.0 Å². The summed E-state index contributed by atoms with van der Waals surface area (Å²) in [4.78, 5) is 11.0. The van der Waals surface area contributed by atoms with Crippen LogP contribution in [0.4, 0.5) is 0 Å². The summed E-state index contributed by atoms with van der Waals surface area (Å²) in [7, 11) is 0. The maximum atomic E-state index is 11.0. The highest BCUT2D eigenvalue weighted by Crippen LogP contribution is 2.29. The maximum Gasteiger partial charge on any atom is 0.163 e. The highest BCUT2D eigenvalue weighted by molar-refractivity contribution is 6.32. The monoisotopic (exact) mass is 200 g/mol. The van der Waals surface area contributed by atoms with Crippen LogP contribution in [0, 0.1) is 0 Å². The van der Waals surface area contributed by atoms with E-state index in [1.165, 1.54) is 19.1 Å². The van der Waals surface area contributed by atoms with Crippen molar-refractivity contribution in [3.63, 3.8) is 0 Å². The van der Waals surface area contributed by atoms with Gasteiger partial charge in [-0.25, -0.2) is 0 Å². The molecule has 0 fully saturated rings. The van der Waals surface area contributed by atoms with E-state index in [1.807, 2.05) is 0 Å². The summed E-state index contributed by atoms with van der Waals surface area (Å²) < 4.78 is 0. The van der Waals surface area contributed by atoms with Crippen LogP contribution >= 0.6 is 11.6 Å². The molecule has 0 saturated heterocycles. The standard InChI is InChI=1S/C9H9ClO3/c1-5(12)7-2-6(4-11)3-8(10)9(7)13/h2-3,11,13H,4H2,1H3. The van der Waals surface area contributed by atoms with Crippen LogP contribution in [-0.4, -0.2) is 16.0 Å². The second-order valence-electron chi connectivity index (χ2n) is 2.69. The summed E-state index contributed by atoms with van der Waals surface area (Å²) in [5, 5.41) is 18.2. The molecule has 4 heteroatoms. The first-order valence-electron chi connectivity index (χ1n) is 3.69. The molecule has 70 valence electrons. The van der Waals surface area contributed by atoms with Crippen LogP contribution in [0.15, 0.2) is 12.1 Å². The second kappa shape index (κ2) is 3.77. The van der Waals surface area contributed by atoms with Crippen LogP contribution < -0.4 is 0 Å². The van der Waals surface area contributed by atoms with Crippen molar-refractivity contribution >= 4 is 17.4 Å². The molecule has 1 aromatic rings. The van der Waals surface area contributed by atoms with E-state index in [9.17, 15) is 9.90 Å². The van der Waals surface area contributed by atoms with Crippen molar-refractivity contribution in [2.24, 2.45) is 0 Å². The Morgan fingerprint density at radius 1 is 1.54 bits per heavy atom. The summed E-state index contributed by atoms with van der Waals surface area (Å²) in [5.41, 5.74) is 0.643. The first kappa shape index (κ1) is 10.0. The molecule has 13 heavy (non-hydrogen) atoms. The van der Waals surface area contributed by atoms with Crippen LogP contribution in [0.3, 0.4) is 0 Å². The van der Waals surface area contributed by atoms with Gasteiger partial charge in [0, 0.05) is 0 Å². The van der Waals surface area contributed by atoms with E-state index < -0.39 is 0 Å². The number of aliphatic hydroxyl groups is 1. The van der Waals surface area contributed by atoms with Crippen LogP contribution in [0.5, 0.6) is 5.75 Å². The molecule has 3 nitrogen and oxygen atoms in total. The third-order valence-electron chi connectivity index (χ3n) is 1.69. The lowest BCUT2D eigenvalue weighted by molar-refractivity contribution is 0.101. The molecule has 0 aliphatic carbocycles. The van der Waals surface area contributed by atoms with Gasteiger partial charge in [0.05, 0.1) is 17.2 Å². The lowest BCUT2D eigenvalue weighted by Crippen LogP contribution is -1.95. The second-order valence-corrected chi connectivity index (χ2v) is 3.10. The molecular formula is C9H9ClO3. The number of hydrogen-bond donors (Lipinski definition) is 2. The number of phenols is 1. The van der Waals surface area contributed by atoms with Crippen molar-refractivity contribution in [2.45, 2.75) is 13.5 Å². The van der Waals surface area contributed by atoms with E-state index in [-0.39, 0.29) is 28.7 Å². The number of halogens is 1. The summed E-state index contributed by atoms with van der Waals surface area (Å²) in [6, 6.07) is 2.84. The van der Waals surface area contributed by atoms with Gasteiger partial charge >= 0.3 is 0 Å². The van der Waals surface area contributed by atoms with E-state index in [4.69, 9.17) is 16.7 Å². The number of Topliss-reactive ketones (excluding diaryl/α,β-unsaturated/α-hetero) is 1. The van der Waals surface area contributed by atoms with Crippen molar-refractivity contribution in [1.82, 2.24) is 0 Å². The molecule has 1 rings (SSSR count). The molecule has 0 aliphatic rings. The van der Waals surface area contributed by atoms with Crippen LogP contribution in [0.1, 0.15) is 22.8 Å². The number of rotatable bonds is 2. The van der Waals surface area contributed by atoms with E-state index in [0.717, 1.165) is 0 Å². The minimum absolute atomic E-state index is 0.0803. The zero-order valence-electron chi connectivity index (χ0n) is 7.04. The van der Waals surface area contributed by atoms with E-state index in [2.05, 4.69) is 0 Å². The Morgan fingerprint density at radius 3 is 2.62 bits per heavy atom. The van der Waals surface area contributed by atoms with Crippen LogP contribution in [0.2, 0.25) is 5.02 Å². The largest absolute Gasteiger partial charge is 0.506 e. The van der Waals surface area contributed by atoms with Gasteiger partial charge < -0.3 is 10.2 Å². The van der Waals surface area contributed by atoms with Crippen molar-refractivity contribution in [2.75, 3.05) is 0 Å². The maximum absolute atomic E-state index is 11.0. The minimum atomic E-state index is -0.283. The number of carbonyl (C=O) groups excluding carboxylic acids is 1. The van der Waals surface area contributed by atoms with Gasteiger partial charge in [-0.1, -0.05) is 11.6 Å². The molecule has 0 bridgehead atoms. The Bertz CT molecular complexity index is 347. The molecule has 0 saturated carbocycles. The first-order valence-corrected chi connectivity index (χ1v) is 4.07. The van der Waals surface area contributed by atoms with Gasteiger partial charge in [0.25, 0.3) is 0 Å². The van der Waals surface area contributed by atoms with E-state index in [1.54, 1.807) is 0 Å². The molecule has 2 N–H and O–H groups in total. The number of aliphatic hydroxyl groups excluding tert-OH is 1. The number of benzene rings is 1. The Morgan fingerprint density at radius 2 is 2.15 bits per heavy atom. The predicted molar refractivity (Wildman–Crippen MR) is 49.0 cm³/mol. The van der Waals surface area contributed by atoms with Crippen LogP contribution in [0.25, 0.3) is 0 Å². The Hall–Kier alpha value is -1.06. The van der Waals surface area contributed by atoms with Crippen molar-refractivity contribution in [3.05, 3.63) is 28.3 Å². The van der Waals surface area contributed by atoms with Crippen molar-refractivity contribution in [1.29, 1.82) is 0 Å². The Labute approximate surface area is 80.6 Å². The molecule has 0 radical (unpaired) electrons. The number of carbonyl (C=O) groups is 1. The molecule has 0 aliphatic heterocycles. The van der Waals surface area contributed by atoms with Gasteiger partial charge in [-0.05, 0) is 24.6 Å². The highest BCUT2D eigenvalue weighted by atomic mass is 35.5.